The van der Waals surface area contributed by atoms with Crippen molar-refractivity contribution in [2.45, 2.75) is 26.8 Å². The number of methoxy groups -OCH3 is 1. The second kappa shape index (κ2) is 8.64. The highest BCUT2D eigenvalue weighted by molar-refractivity contribution is 7.11. The number of para-hydroxylation sites is 1. The summed E-state index contributed by atoms with van der Waals surface area (Å²) in [5.41, 5.74) is 2.51. The quantitative estimate of drug-likeness (QED) is 0.556. The van der Waals surface area contributed by atoms with Crippen LogP contribution < -0.4 is 19.6 Å². The summed E-state index contributed by atoms with van der Waals surface area (Å²) in [5.74, 6) is 0.107. The second-order valence-corrected chi connectivity index (χ2v) is 8.97. The summed E-state index contributed by atoms with van der Waals surface area (Å²) < 4.78 is 13.0. The molecular weight excluding hydrogens is 432 g/mol. The molecule has 1 aliphatic heterocycles. The minimum absolute atomic E-state index is 0.193. The minimum atomic E-state index is -0.682. The summed E-state index contributed by atoms with van der Waals surface area (Å²) in [6, 6.07) is 8.74. The Bertz CT molecular complexity index is 1360. The second-order valence-electron chi connectivity index (χ2n) is 7.01. The van der Waals surface area contributed by atoms with Crippen LogP contribution in [0.3, 0.4) is 0 Å². The lowest BCUT2D eigenvalue weighted by Crippen LogP contribution is -2.40. The summed E-state index contributed by atoms with van der Waals surface area (Å²) in [6.45, 7) is 5.77. The van der Waals surface area contributed by atoms with Crippen LogP contribution in [0.2, 0.25) is 0 Å². The van der Waals surface area contributed by atoms with Gasteiger partial charge in [0.15, 0.2) is 4.80 Å². The zero-order valence-corrected chi connectivity index (χ0v) is 19.3. The van der Waals surface area contributed by atoms with Gasteiger partial charge in [-0.3, -0.25) is 9.36 Å². The zero-order chi connectivity index (χ0) is 22.1. The van der Waals surface area contributed by atoms with Gasteiger partial charge in [-0.25, -0.2) is 9.79 Å². The van der Waals surface area contributed by atoms with Crippen molar-refractivity contribution >= 4 is 34.7 Å². The molecule has 0 fully saturated rings. The average Bonchev–Trinajstić information content (AvgIpc) is 3.30. The average molecular weight is 455 g/mol. The number of carbonyl (C=O) groups is 1. The molecule has 2 aromatic heterocycles. The Hall–Kier alpha value is -2.97. The van der Waals surface area contributed by atoms with Crippen molar-refractivity contribution < 1.29 is 14.3 Å². The fourth-order valence-electron chi connectivity index (χ4n) is 3.63. The molecule has 0 bridgehead atoms. The molecule has 0 amide bonds. The van der Waals surface area contributed by atoms with Gasteiger partial charge in [0.25, 0.3) is 5.56 Å². The molecule has 3 heterocycles. The first-order valence-corrected chi connectivity index (χ1v) is 11.5. The van der Waals surface area contributed by atoms with Crippen molar-refractivity contribution in [3.63, 3.8) is 0 Å². The molecule has 0 radical (unpaired) electrons. The van der Waals surface area contributed by atoms with E-state index in [4.69, 9.17) is 9.47 Å². The van der Waals surface area contributed by atoms with Crippen LogP contribution in [0.1, 0.15) is 35.9 Å². The molecule has 0 spiro atoms. The Labute approximate surface area is 187 Å². The van der Waals surface area contributed by atoms with Gasteiger partial charge in [-0.05, 0) is 49.9 Å². The molecule has 6 nitrogen and oxygen atoms in total. The fraction of sp³-hybridized carbons (Fsp3) is 0.261. The molecule has 8 heteroatoms. The largest absolute Gasteiger partial charge is 0.496 e. The first kappa shape index (κ1) is 21.3. The first-order valence-electron chi connectivity index (χ1n) is 9.83. The van der Waals surface area contributed by atoms with Crippen molar-refractivity contribution in [3.05, 3.63) is 82.7 Å². The number of aryl methyl sites for hydroxylation is 1. The molecule has 160 valence electrons. The van der Waals surface area contributed by atoms with Gasteiger partial charge in [-0.2, -0.15) is 0 Å². The number of benzene rings is 1. The smallest absolute Gasteiger partial charge is 0.338 e. The molecule has 0 N–H and O–H groups in total. The predicted molar refractivity (Wildman–Crippen MR) is 122 cm³/mol. The molecule has 3 aromatic rings. The third kappa shape index (κ3) is 3.77. The Kier molecular flexibility index (Phi) is 5.93. The number of nitrogens with zero attached hydrogens (tertiary/aromatic N) is 2. The van der Waals surface area contributed by atoms with E-state index in [9.17, 15) is 9.59 Å². The lowest BCUT2D eigenvalue weighted by Gasteiger charge is -2.25. The minimum Gasteiger partial charge on any atom is -0.496 e. The van der Waals surface area contributed by atoms with Gasteiger partial charge in [0.1, 0.15) is 11.8 Å². The van der Waals surface area contributed by atoms with Crippen molar-refractivity contribution in [1.82, 2.24) is 4.57 Å². The van der Waals surface area contributed by atoms with Gasteiger partial charge in [0.2, 0.25) is 0 Å². The number of hydrogen-bond donors (Lipinski definition) is 0. The maximum Gasteiger partial charge on any atom is 0.338 e. The van der Waals surface area contributed by atoms with Gasteiger partial charge < -0.3 is 9.47 Å². The Morgan fingerprint density at radius 2 is 2.03 bits per heavy atom. The monoisotopic (exact) mass is 454 g/mol. The maximum absolute atomic E-state index is 13.5. The van der Waals surface area contributed by atoms with E-state index in [2.05, 4.69) is 4.99 Å². The highest BCUT2D eigenvalue weighted by Crippen LogP contribution is 2.35. The maximum atomic E-state index is 13.5. The van der Waals surface area contributed by atoms with Crippen LogP contribution >= 0.6 is 22.7 Å². The van der Waals surface area contributed by atoms with Crippen molar-refractivity contribution in [2.24, 2.45) is 4.99 Å². The lowest BCUT2D eigenvalue weighted by molar-refractivity contribution is -0.139. The third-order valence-corrected chi connectivity index (χ3v) is 7.06. The number of aromatic nitrogens is 1. The molecule has 1 aromatic carbocycles. The van der Waals surface area contributed by atoms with E-state index in [0.717, 1.165) is 10.4 Å². The third-order valence-electron chi connectivity index (χ3n) is 5.11. The number of carbonyl (C=O) groups excluding carboxylic acids is 1. The van der Waals surface area contributed by atoms with Crippen LogP contribution in [0.15, 0.2) is 56.8 Å². The molecule has 31 heavy (non-hydrogen) atoms. The normalized spacial score (nSPS) is 16.1. The van der Waals surface area contributed by atoms with Crippen LogP contribution in [-0.2, 0) is 9.53 Å². The summed E-state index contributed by atoms with van der Waals surface area (Å²) in [5, 5.41) is 2.00. The van der Waals surface area contributed by atoms with E-state index in [1.807, 2.05) is 48.7 Å². The SMILES string of the molecule is CCOC(=O)C1=C(C)N=c2sc(=Cc3sccc3C)c(=O)n2C1c1ccccc1OC. The van der Waals surface area contributed by atoms with E-state index in [1.54, 1.807) is 36.9 Å². The van der Waals surface area contributed by atoms with Crippen LogP contribution in [0.25, 0.3) is 6.08 Å². The van der Waals surface area contributed by atoms with E-state index in [-0.39, 0.29) is 12.2 Å². The van der Waals surface area contributed by atoms with Crippen molar-refractivity contribution in [3.8, 4) is 5.75 Å². The van der Waals surface area contributed by atoms with E-state index < -0.39 is 12.0 Å². The predicted octanol–water partition coefficient (Wildman–Crippen LogP) is 3.18. The Morgan fingerprint density at radius 3 is 2.71 bits per heavy atom. The van der Waals surface area contributed by atoms with Crippen LogP contribution in [-0.4, -0.2) is 24.3 Å². The Balaban J connectivity index is 2.01. The molecule has 1 aliphatic rings. The summed E-state index contributed by atoms with van der Waals surface area (Å²) in [7, 11) is 1.57. The molecule has 0 aliphatic carbocycles. The van der Waals surface area contributed by atoms with Gasteiger partial charge in [0.05, 0.1) is 29.5 Å². The summed E-state index contributed by atoms with van der Waals surface area (Å²) in [4.78, 5) is 32.6. The summed E-state index contributed by atoms with van der Waals surface area (Å²) in [6.07, 6.45) is 1.90. The molecular formula is C23H22N2O4S2. The van der Waals surface area contributed by atoms with E-state index in [1.165, 1.54) is 11.3 Å². The Morgan fingerprint density at radius 1 is 1.26 bits per heavy atom. The number of thiophene rings is 1. The first-order chi connectivity index (χ1) is 15.0. The number of allylic oxidation sites excluding steroid dienone is 1. The molecule has 4 rings (SSSR count). The summed E-state index contributed by atoms with van der Waals surface area (Å²) >= 11 is 2.90. The van der Waals surface area contributed by atoms with Gasteiger partial charge in [0, 0.05) is 10.4 Å². The number of hydrogen-bond acceptors (Lipinski definition) is 7. The molecule has 0 saturated carbocycles. The highest BCUT2D eigenvalue weighted by Gasteiger charge is 2.34. The number of thiazole rings is 1. The molecule has 0 saturated heterocycles. The molecule has 1 atom stereocenters. The van der Waals surface area contributed by atoms with Gasteiger partial charge >= 0.3 is 5.97 Å². The van der Waals surface area contributed by atoms with Crippen LogP contribution in [0.5, 0.6) is 5.75 Å². The van der Waals surface area contributed by atoms with E-state index in [0.29, 0.717) is 31.9 Å². The fourth-order valence-corrected chi connectivity index (χ4v) is 5.59. The topological polar surface area (TPSA) is 69.9 Å². The van der Waals surface area contributed by atoms with Gasteiger partial charge in [-0.15, -0.1) is 11.3 Å². The standard InChI is InChI=1S/C23H22N2O4S2/c1-5-29-22(27)19-14(3)24-23-25(20(19)15-8-6-7-9-16(15)28-4)21(26)18(31-23)12-17-13(2)10-11-30-17/h6-12,20H,5H2,1-4H3. The van der Waals surface area contributed by atoms with Crippen molar-refractivity contribution in [1.29, 1.82) is 0 Å². The number of rotatable bonds is 5. The molecule has 1 unspecified atom stereocenters. The van der Waals surface area contributed by atoms with Crippen LogP contribution in [0, 0.1) is 6.92 Å². The zero-order valence-electron chi connectivity index (χ0n) is 17.7. The van der Waals surface area contributed by atoms with E-state index >= 15 is 0 Å². The highest BCUT2D eigenvalue weighted by atomic mass is 32.1. The van der Waals surface area contributed by atoms with Gasteiger partial charge in [-0.1, -0.05) is 29.5 Å². The van der Waals surface area contributed by atoms with Crippen molar-refractivity contribution in [2.75, 3.05) is 13.7 Å². The number of ether oxygens (including phenoxy) is 2. The lowest BCUT2D eigenvalue weighted by atomic mass is 9.95. The van der Waals surface area contributed by atoms with Crippen LogP contribution in [0.4, 0.5) is 0 Å². The number of fused-ring (bicyclic) bond motifs is 1. The number of esters is 1.